The van der Waals surface area contributed by atoms with E-state index in [1.807, 2.05) is 18.5 Å². The smallest absolute Gasteiger partial charge is 0.189 e. The van der Waals surface area contributed by atoms with E-state index in [1.54, 1.807) is 11.8 Å². The van der Waals surface area contributed by atoms with Crippen molar-refractivity contribution in [1.82, 2.24) is 15.3 Å². The van der Waals surface area contributed by atoms with Gasteiger partial charge in [0.05, 0.1) is 0 Å². The van der Waals surface area contributed by atoms with Gasteiger partial charge in [-0.2, -0.15) is 0 Å². The zero-order valence-corrected chi connectivity index (χ0v) is 10.6. The van der Waals surface area contributed by atoms with Crippen LogP contribution in [0.2, 0.25) is 0 Å². The Bertz CT molecular complexity index is 339. The molecule has 2 heterocycles. The second-order valence-electron chi connectivity index (χ2n) is 4.14. The summed E-state index contributed by atoms with van der Waals surface area (Å²) in [5.41, 5.74) is 0. The normalized spacial score (nSPS) is 20.0. The van der Waals surface area contributed by atoms with E-state index < -0.39 is 0 Å². The number of hydrogen-bond donors (Lipinski definition) is 1. The number of anilines is 1. The van der Waals surface area contributed by atoms with E-state index in [-0.39, 0.29) is 0 Å². The third-order valence-corrected chi connectivity index (χ3v) is 3.45. The van der Waals surface area contributed by atoms with E-state index in [9.17, 15) is 0 Å². The summed E-state index contributed by atoms with van der Waals surface area (Å²) in [6.45, 7) is 3.35. The van der Waals surface area contributed by atoms with Crippen LogP contribution in [0.4, 0.5) is 5.82 Å². The van der Waals surface area contributed by atoms with Crippen LogP contribution in [-0.4, -0.2) is 42.9 Å². The molecule has 4 nitrogen and oxygen atoms in total. The van der Waals surface area contributed by atoms with Crippen LogP contribution in [-0.2, 0) is 0 Å². The van der Waals surface area contributed by atoms with Gasteiger partial charge in [-0.15, -0.1) is 0 Å². The third-order valence-electron chi connectivity index (χ3n) is 2.89. The SMILES string of the molecule is CSc1nccc(N(C)C[C@H]2CCNC2)n1. The lowest BCUT2D eigenvalue weighted by Gasteiger charge is -2.21. The van der Waals surface area contributed by atoms with E-state index in [0.717, 1.165) is 36.5 Å². The molecule has 1 aliphatic heterocycles. The standard InChI is InChI=1S/C11H18N4S/c1-15(8-9-3-5-12-7-9)10-4-6-13-11(14-10)16-2/h4,6,9,12H,3,5,7-8H2,1-2H3/t9-/m0/s1. The Morgan fingerprint density at radius 1 is 1.62 bits per heavy atom. The first-order valence-electron chi connectivity index (χ1n) is 5.58. The molecule has 0 aliphatic carbocycles. The molecule has 5 heteroatoms. The summed E-state index contributed by atoms with van der Waals surface area (Å²) in [5.74, 6) is 1.77. The minimum Gasteiger partial charge on any atom is -0.359 e. The molecule has 0 unspecified atom stereocenters. The molecular weight excluding hydrogens is 220 g/mol. The summed E-state index contributed by atoms with van der Waals surface area (Å²) in [5, 5.41) is 4.23. The van der Waals surface area contributed by atoms with Crippen molar-refractivity contribution < 1.29 is 0 Å². The number of rotatable bonds is 4. The van der Waals surface area contributed by atoms with Crippen LogP contribution in [0.15, 0.2) is 17.4 Å². The second-order valence-corrected chi connectivity index (χ2v) is 4.91. The highest BCUT2D eigenvalue weighted by atomic mass is 32.2. The van der Waals surface area contributed by atoms with Crippen molar-refractivity contribution in [3.63, 3.8) is 0 Å². The lowest BCUT2D eigenvalue weighted by molar-refractivity contribution is 0.574. The topological polar surface area (TPSA) is 41.1 Å². The van der Waals surface area contributed by atoms with Crippen molar-refractivity contribution in [2.24, 2.45) is 5.92 Å². The molecule has 16 heavy (non-hydrogen) atoms. The van der Waals surface area contributed by atoms with E-state index in [2.05, 4.69) is 27.2 Å². The quantitative estimate of drug-likeness (QED) is 0.631. The van der Waals surface area contributed by atoms with Crippen LogP contribution in [0.25, 0.3) is 0 Å². The van der Waals surface area contributed by atoms with Crippen LogP contribution < -0.4 is 10.2 Å². The maximum Gasteiger partial charge on any atom is 0.189 e. The maximum atomic E-state index is 4.49. The fourth-order valence-corrected chi connectivity index (χ4v) is 2.34. The zero-order chi connectivity index (χ0) is 11.4. The Hall–Kier alpha value is -0.810. The third kappa shape index (κ3) is 2.86. The van der Waals surface area contributed by atoms with Crippen molar-refractivity contribution in [2.45, 2.75) is 11.6 Å². The monoisotopic (exact) mass is 238 g/mol. The van der Waals surface area contributed by atoms with E-state index >= 15 is 0 Å². The van der Waals surface area contributed by atoms with Gasteiger partial charge in [-0.25, -0.2) is 9.97 Å². The Morgan fingerprint density at radius 2 is 2.50 bits per heavy atom. The molecule has 0 spiro atoms. The molecule has 0 saturated carbocycles. The van der Waals surface area contributed by atoms with Crippen LogP contribution >= 0.6 is 11.8 Å². The van der Waals surface area contributed by atoms with Crippen molar-refractivity contribution in [1.29, 1.82) is 0 Å². The molecule has 88 valence electrons. The number of nitrogens with zero attached hydrogens (tertiary/aromatic N) is 3. The van der Waals surface area contributed by atoms with Crippen LogP contribution in [0.3, 0.4) is 0 Å². The van der Waals surface area contributed by atoms with Gasteiger partial charge in [0.1, 0.15) is 5.82 Å². The molecule has 0 radical (unpaired) electrons. The number of hydrogen-bond acceptors (Lipinski definition) is 5. The Kier molecular flexibility index (Phi) is 4.01. The zero-order valence-electron chi connectivity index (χ0n) is 9.81. The minimum atomic E-state index is 0.748. The first-order chi connectivity index (χ1) is 7.79. The van der Waals surface area contributed by atoms with Crippen molar-refractivity contribution in [2.75, 3.05) is 37.8 Å². The first-order valence-corrected chi connectivity index (χ1v) is 6.81. The summed E-state index contributed by atoms with van der Waals surface area (Å²) < 4.78 is 0. The maximum absolute atomic E-state index is 4.49. The Labute approximate surface area is 101 Å². The highest BCUT2D eigenvalue weighted by Gasteiger charge is 2.17. The molecule has 1 aromatic heterocycles. The average molecular weight is 238 g/mol. The van der Waals surface area contributed by atoms with Gasteiger partial charge in [-0.1, -0.05) is 11.8 Å². The number of nitrogens with one attached hydrogen (secondary N) is 1. The predicted octanol–water partition coefficient (Wildman–Crippen LogP) is 1.24. The van der Waals surface area contributed by atoms with Crippen LogP contribution in [0.1, 0.15) is 6.42 Å². The van der Waals surface area contributed by atoms with E-state index in [0.29, 0.717) is 0 Å². The number of aromatic nitrogens is 2. The summed E-state index contributed by atoms with van der Waals surface area (Å²) in [4.78, 5) is 10.9. The molecule has 1 fully saturated rings. The van der Waals surface area contributed by atoms with Crippen LogP contribution in [0.5, 0.6) is 0 Å². The fraction of sp³-hybridized carbons (Fsp3) is 0.636. The summed E-state index contributed by atoms with van der Waals surface area (Å²) >= 11 is 1.58. The fourth-order valence-electron chi connectivity index (χ4n) is 1.99. The van der Waals surface area contributed by atoms with Gasteiger partial charge < -0.3 is 10.2 Å². The van der Waals surface area contributed by atoms with E-state index in [4.69, 9.17) is 0 Å². The Morgan fingerprint density at radius 3 is 3.19 bits per heavy atom. The molecule has 1 aliphatic rings. The lowest BCUT2D eigenvalue weighted by Crippen LogP contribution is -2.27. The molecule has 2 rings (SSSR count). The van der Waals surface area contributed by atoms with Gasteiger partial charge in [0.15, 0.2) is 5.16 Å². The first kappa shape index (κ1) is 11.7. The molecule has 1 atom stereocenters. The average Bonchev–Trinajstić information content (AvgIpc) is 2.82. The Balaban J connectivity index is 1.98. The van der Waals surface area contributed by atoms with Gasteiger partial charge >= 0.3 is 0 Å². The molecule has 1 saturated heterocycles. The van der Waals surface area contributed by atoms with Gasteiger partial charge in [-0.3, -0.25) is 0 Å². The van der Waals surface area contributed by atoms with E-state index in [1.165, 1.54) is 6.42 Å². The van der Waals surface area contributed by atoms with Gasteiger partial charge in [-0.05, 0) is 37.8 Å². The number of thioether (sulfide) groups is 1. The molecule has 1 N–H and O–H groups in total. The molecule has 1 aromatic rings. The summed E-state index contributed by atoms with van der Waals surface area (Å²) in [6, 6.07) is 1.97. The molecule has 0 bridgehead atoms. The van der Waals surface area contributed by atoms with Gasteiger partial charge in [0.2, 0.25) is 0 Å². The van der Waals surface area contributed by atoms with Gasteiger partial charge in [0.25, 0.3) is 0 Å². The highest BCUT2D eigenvalue weighted by Crippen LogP contribution is 2.16. The molecular formula is C11H18N4S. The second kappa shape index (κ2) is 5.50. The minimum absolute atomic E-state index is 0.748. The van der Waals surface area contributed by atoms with Gasteiger partial charge in [0, 0.05) is 19.8 Å². The largest absolute Gasteiger partial charge is 0.359 e. The van der Waals surface area contributed by atoms with Crippen molar-refractivity contribution in [3.05, 3.63) is 12.3 Å². The lowest BCUT2D eigenvalue weighted by atomic mass is 10.1. The predicted molar refractivity (Wildman–Crippen MR) is 68.1 cm³/mol. The van der Waals surface area contributed by atoms with Crippen molar-refractivity contribution in [3.8, 4) is 0 Å². The highest BCUT2D eigenvalue weighted by molar-refractivity contribution is 7.98. The summed E-state index contributed by atoms with van der Waals surface area (Å²) in [7, 11) is 2.10. The molecule has 0 amide bonds. The summed E-state index contributed by atoms with van der Waals surface area (Å²) in [6.07, 6.45) is 5.10. The molecule has 0 aromatic carbocycles. The van der Waals surface area contributed by atoms with Crippen molar-refractivity contribution >= 4 is 17.6 Å². The van der Waals surface area contributed by atoms with Crippen LogP contribution in [0, 0.1) is 5.92 Å².